The first-order chi connectivity index (χ1) is 7.58. The number of amides is 1. The fraction of sp³-hybridized carbons (Fsp3) is 0.583. The van der Waals surface area contributed by atoms with Crippen LogP contribution in [0.3, 0.4) is 0 Å². The first-order valence-electron chi connectivity index (χ1n) is 5.68. The van der Waals surface area contributed by atoms with Crippen LogP contribution in [0.1, 0.15) is 33.0 Å². The van der Waals surface area contributed by atoms with Gasteiger partial charge in [0.05, 0.1) is 4.88 Å². The van der Waals surface area contributed by atoms with Crippen LogP contribution in [0.4, 0.5) is 0 Å². The van der Waals surface area contributed by atoms with Gasteiger partial charge in [0, 0.05) is 17.5 Å². The Balaban J connectivity index is 0.00000144. The molecule has 0 bridgehead atoms. The van der Waals surface area contributed by atoms with Gasteiger partial charge in [-0.25, -0.2) is 0 Å². The summed E-state index contributed by atoms with van der Waals surface area (Å²) in [6.45, 7) is 4.66. The summed E-state index contributed by atoms with van der Waals surface area (Å²) in [7, 11) is 0. The number of nitrogens with two attached hydrogens (primary N) is 1. The van der Waals surface area contributed by atoms with E-state index in [1.807, 2.05) is 19.9 Å². The summed E-state index contributed by atoms with van der Waals surface area (Å²) < 4.78 is 0. The average Bonchev–Trinajstić information content (AvgIpc) is 3.03. The van der Waals surface area contributed by atoms with Gasteiger partial charge in [0.1, 0.15) is 0 Å². The molecule has 17 heavy (non-hydrogen) atoms. The Morgan fingerprint density at radius 3 is 2.71 bits per heavy atom. The van der Waals surface area contributed by atoms with Gasteiger partial charge in [-0.15, -0.1) is 23.7 Å². The molecule has 1 unspecified atom stereocenters. The summed E-state index contributed by atoms with van der Waals surface area (Å²) in [4.78, 5) is 13.8. The summed E-state index contributed by atoms with van der Waals surface area (Å²) in [6, 6.07) is 2.07. The second-order valence-electron chi connectivity index (χ2n) is 4.56. The van der Waals surface area contributed by atoms with E-state index in [0.717, 1.165) is 4.88 Å². The lowest BCUT2D eigenvalue weighted by Gasteiger charge is -2.10. The zero-order valence-electron chi connectivity index (χ0n) is 10.2. The van der Waals surface area contributed by atoms with Crippen LogP contribution in [0.2, 0.25) is 0 Å². The molecule has 0 spiro atoms. The van der Waals surface area contributed by atoms with Crippen molar-refractivity contribution in [1.82, 2.24) is 5.32 Å². The second-order valence-corrected chi connectivity index (χ2v) is 5.82. The molecule has 3 nitrogen and oxygen atoms in total. The molecule has 1 atom stereocenters. The lowest BCUT2D eigenvalue weighted by Crippen LogP contribution is -2.38. The van der Waals surface area contributed by atoms with E-state index in [2.05, 4.69) is 5.32 Å². The third kappa shape index (κ3) is 3.69. The predicted octanol–water partition coefficient (Wildman–Crippen LogP) is 2.25. The summed E-state index contributed by atoms with van der Waals surface area (Å²) >= 11 is 1.55. The molecule has 1 aliphatic carbocycles. The molecule has 1 amide bonds. The topological polar surface area (TPSA) is 55.1 Å². The van der Waals surface area contributed by atoms with Crippen LogP contribution in [-0.2, 0) is 0 Å². The predicted molar refractivity (Wildman–Crippen MR) is 74.1 cm³/mol. The van der Waals surface area contributed by atoms with Crippen molar-refractivity contribution in [2.24, 2.45) is 11.7 Å². The maximum absolute atomic E-state index is 11.8. The molecule has 1 aromatic rings. The van der Waals surface area contributed by atoms with E-state index in [4.69, 9.17) is 5.73 Å². The highest BCUT2D eigenvalue weighted by molar-refractivity contribution is 7.14. The number of carbonyl (C=O) groups is 1. The molecule has 0 aliphatic heterocycles. The van der Waals surface area contributed by atoms with E-state index in [-0.39, 0.29) is 24.4 Å². The molecule has 1 fully saturated rings. The normalized spacial score (nSPS) is 16.2. The molecule has 0 aromatic carbocycles. The van der Waals surface area contributed by atoms with Crippen LogP contribution in [0.15, 0.2) is 6.07 Å². The van der Waals surface area contributed by atoms with Gasteiger partial charge in [-0.2, -0.15) is 0 Å². The number of thiophene rings is 1. The van der Waals surface area contributed by atoms with E-state index >= 15 is 0 Å². The van der Waals surface area contributed by atoms with Gasteiger partial charge in [0.15, 0.2) is 0 Å². The van der Waals surface area contributed by atoms with Crippen LogP contribution >= 0.6 is 23.7 Å². The molecule has 0 saturated heterocycles. The molecule has 1 heterocycles. The van der Waals surface area contributed by atoms with Crippen LogP contribution < -0.4 is 11.1 Å². The van der Waals surface area contributed by atoms with Crippen molar-refractivity contribution in [2.75, 3.05) is 6.54 Å². The standard InChI is InChI=1S/C12H18N2OS.ClH/c1-7-5-11(16-8(7)2)12(15)14-6-10(13)9-3-4-9;/h5,9-10H,3-4,6,13H2,1-2H3,(H,14,15);1H. The Labute approximate surface area is 112 Å². The van der Waals surface area contributed by atoms with Crippen molar-refractivity contribution in [1.29, 1.82) is 0 Å². The fourth-order valence-corrected chi connectivity index (χ4v) is 2.62. The number of nitrogens with one attached hydrogen (secondary N) is 1. The van der Waals surface area contributed by atoms with Crippen molar-refractivity contribution in [3.63, 3.8) is 0 Å². The molecule has 96 valence electrons. The molecule has 1 aromatic heterocycles. The van der Waals surface area contributed by atoms with Gasteiger partial charge in [-0.05, 0) is 44.2 Å². The molecule has 1 saturated carbocycles. The first kappa shape index (κ1) is 14.5. The van der Waals surface area contributed by atoms with Gasteiger partial charge >= 0.3 is 0 Å². The SMILES string of the molecule is Cc1cc(C(=O)NCC(N)C2CC2)sc1C.Cl. The van der Waals surface area contributed by atoms with E-state index in [1.54, 1.807) is 11.3 Å². The monoisotopic (exact) mass is 274 g/mol. The number of aryl methyl sites for hydroxylation is 2. The third-order valence-corrected chi connectivity index (χ3v) is 4.27. The molecular weight excluding hydrogens is 256 g/mol. The smallest absolute Gasteiger partial charge is 0.261 e. The molecule has 2 rings (SSSR count). The Morgan fingerprint density at radius 1 is 1.59 bits per heavy atom. The van der Waals surface area contributed by atoms with Crippen molar-refractivity contribution in [3.05, 3.63) is 21.4 Å². The minimum absolute atomic E-state index is 0. The second kappa shape index (κ2) is 5.85. The Kier molecular flexibility index (Phi) is 4.98. The van der Waals surface area contributed by atoms with Crippen molar-refractivity contribution < 1.29 is 4.79 Å². The van der Waals surface area contributed by atoms with Gasteiger partial charge < -0.3 is 11.1 Å². The van der Waals surface area contributed by atoms with E-state index in [9.17, 15) is 4.79 Å². The zero-order chi connectivity index (χ0) is 11.7. The Morgan fingerprint density at radius 2 is 2.24 bits per heavy atom. The van der Waals surface area contributed by atoms with E-state index < -0.39 is 0 Å². The fourth-order valence-electron chi connectivity index (χ4n) is 1.67. The summed E-state index contributed by atoms with van der Waals surface area (Å²) in [5, 5.41) is 2.91. The van der Waals surface area contributed by atoms with Crippen LogP contribution in [0, 0.1) is 19.8 Å². The minimum Gasteiger partial charge on any atom is -0.350 e. The van der Waals surface area contributed by atoms with Gasteiger partial charge in [-0.3, -0.25) is 4.79 Å². The molecule has 5 heteroatoms. The maximum Gasteiger partial charge on any atom is 0.261 e. The zero-order valence-corrected chi connectivity index (χ0v) is 11.8. The number of halogens is 1. The quantitative estimate of drug-likeness (QED) is 0.885. The summed E-state index contributed by atoms with van der Waals surface area (Å²) in [5.74, 6) is 0.643. The minimum atomic E-state index is 0. The van der Waals surface area contributed by atoms with Gasteiger partial charge in [0.2, 0.25) is 0 Å². The van der Waals surface area contributed by atoms with Crippen molar-refractivity contribution in [2.45, 2.75) is 32.7 Å². The van der Waals surface area contributed by atoms with Crippen LogP contribution in [-0.4, -0.2) is 18.5 Å². The molecule has 0 radical (unpaired) electrons. The van der Waals surface area contributed by atoms with Gasteiger partial charge in [0.25, 0.3) is 5.91 Å². The molecule has 3 N–H and O–H groups in total. The Bertz CT molecular complexity index is 382. The maximum atomic E-state index is 11.8. The highest BCUT2D eigenvalue weighted by atomic mass is 35.5. The number of hydrogen-bond acceptors (Lipinski definition) is 3. The third-order valence-electron chi connectivity index (χ3n) is 3.12. The number of rotatable bonds is 4. The van der Waals surface area contributed by atoms with Gasteiger partial charge in [-0.1, -0.05) is 0 Å². The van der Waals surface area contributed by atoms with Crippen molar-refractivity contribution >= 4 is 29.7 Å². The number of carbonyl (C=O) groups excluding carboxylic acids is 1. The molecular formula is C12H19ClN2OS. The summed E-state index contributed by atoms with van der Waals surface area (Å²) in [5.41, 5.74) is 7.11. The Hall–Kier alpha value is -0.580. The lowest BCUT2D eigenvalue weighted by atomic mass is 10.2. The number of hydrogen-bond donors (Lipinski definition) is 2. The highest BCUT2D eigenvalue weighted by Gasteiger charge is 2.28. The lowest BCUT2D eigenvalue weighted by molar-refractivity contribution is 0.0954. The van der Waals surface area contributed by atoms with E-state index in [0.29, 0.717) is 12.5 Å². The van der Waals surface area contributed by atoms with E-state index in [1.165, 1.54) is 23.3 Å². The largest absolute Gasteiger partial charge is 0.350 e. The summed E-state index contributed by atoms with van der Waals surface area (Å²) in [6.07, 6.45) is 2.43. The first-order valence-corrected chi connectivity index (χ1v) is 6.50. The molecule has 1 aliphatic rings. The van der Waals surface area contributed by atoms with Crippen LogP contribution in [0.5, 0.6) is 0 Å². The van der Waals surface area contributed by atoms with Crippen molar-refractivity contribution in [3.8, 4) is 0 Å². The average molecular weight is 275 g/mol. The highest BCUT2D eigenvalue weighted by Crippen LogP contribution is 2.31. The van der Waals surface area contributed by atoms with Crippen LogP contribution in [0.25, 0.3) is 0 Å².